The molecule has 1 saturated heterocycles. The molecule has 1 aromatic carbocycles. The van der Waals surface area contributed by atoms with Crippen LogP contribution in [0.15, 0.2) is 30.6 Å². The minimum absolute atomic E-state index is 0.00888. The van der Waals surface area contributed by atoms with Gasteiger partial charge in [-0.2, -0.15) is 5.10 Å². The van der Waals surface area contributed by atoms with Gasteiger partial charge in [0.05, 0.1) is 25.5 Å². The summed E-state index contributed by atoms with van der Waals surface area (Å²) >= 11 is 0. The van der Waals surface area contributed by atoms with Gasteiger partial charge < -0.3 is 28.7 Å². The minimum atomic E-state index is -0.564. The maximum absolute atomic E-state index is 15.4. The Hall–Kier alpha value is -4.13. The largest absolute Gasteiger partial charge is 0.480 e. The number of amides is 1. The van der Waals surface area contributed by atoms with Gasteiger partial charge in [-0.3, -0.25) is 0 Å². The van der Waals surface area contributed by atoms with E-state index in [4.69, 9.17) is 18.9 Å². The highest BCUT2D eigenvalue weighted by molar-refractivity contribution is 5.75. The molecule has 1 saturated carbocycles. The number of hydrogen-bond donors (Lipinski definition) is 0. The van der Waals surface area contributed by atoms with Crippen LogP contribution in [0, 0.1) is 5.82 Å². The fourth-order valence-electron chi connectivity index (χ4n) is 5.07. The number of hydrogen-bond acceptors (Lipinski definition) is 11. The summed E-state index contributed by atoms with van der Waals surface area (Å²) in [6.07, 6.45) is 6.56. The zero-order valence-corrected chi connectivity index (χ0v) is 24.5. The maximum Gasteiger partial charge on any atom is 0.410 e. The summed E-state index contributed by atoms with van der Waals surface area (Å²) in [5.74, 6) is 0.511. The molecule has 13 heteroatoms. The molecule has 42 heavy (non-hydrogen) atoms. The lowest BCUT2D eigenvalue weighted by Gasteiger charge is -2.41. The van der Waals surface area contributed by atoms with E-state index in [1.807, 2.05) is 30.6 Å². The minimum Gasteiger partial charge on any atom is -0.480 e. The molecule has 3 heterocycles. The molecule has 2 aliphatic rings. The Morgan fingerprint density at radius 2 is 1.86 bits per heavy atom. The van der Waals surface area contributed by atoms with Crippen LogP contribution in [-0.4, -0.2) is 88.2 Å². The van der Waals surface area contributed by atoms with E-state index in [0.29, 0.717) is 41.6 Å². The number of methoxy groups -OCH3 is 2. The first kappa shape index (κ1) is 29.4. The van der Waals surface area contributed by atoms with E-state index in [1.165, 1.54) is 26.5 Å². The smallest absolute Gasteiger partial charge is 0.410 e. The van der Waals surface area contributed by atoms with Crippen molar-refractivity contribution in [2.45, 2.75) is 64.1 Å². The molecule has 0 bridgehead atoms. The Morgan fingerprint density at radius 1 is 1.05 bits per heavy atom. The van der Waals surface area contributed by atoms with Crippen molar-refractivity contribution in [3.05, 3.63) is 36.4 Å². The van der Waals surface area contributed by atoms with Crippen molar-refractivity contribution in [3.63, 3.8) is 0 Å². The molecule has 224 valence electrons. The quantitative estimate of drug-likeness (QED) is 0.332. The van der Waals surface area contributed by atoms with E-state index in [1.54, 1.807) is 18.3 Å². The van der Waals surface area contributed by atoms with Gasteiger partial charge >= 0.3 is 6.09 Å². The predicted octanol–water partition coefficient (Wildman–Crippen LogP) is 4.49. The van der Waals surface area contributed by atoms with Crippen LogP contribution in [-0.2, 0) is 9.47 Å². The van der Waals surface area contributed by atoms with Crippen LogP contribution in [0.3, 0.4) is 0 Å². The van der Waals surface area contributed by atoms with Gasteiger partial charge in [0.15, 0.2) is 6.79 Å². The molecule has 0 radical (unpaired) electrons. The lowest BCUT2D eigenvalue weighted by atomic mass is 9.90. The molecule has 12 nitrogen and oxygen atoms in total. The number of anilines is 1. The van der Waals surface area contributed by atoms with Crippen LogP contribution in [0.25, 0.3) is 22.4 Å². The Balaban J connectivity index is 1.36. The van der Waals surface area contributed by atoms with Gasteiger partial charge in [0.2, 0.25) is 11.8 Å². The van der Waals surface area contributed by atoms with Crippen molar-refractivity contribution in [1.29, 1.82) is 0 Å². The molecular weight excluding hydrogens is 545 g/mol. The maximum atomic E-state index is 15.4. The summed E-state index contributed by atoms with van der Waals surface area (Å²) in [6.45, 7) is 6.83. The van der Waals surface area contributed by atoms with Crippen LogP contribution in [0.5, 0.6) is 11.6 Å². The molecule has 0 spiro atoms. The van der Waals surface area contributed by atoms with Crippen LogP contribution in [0.2, 0.25) is 0 Å². The second-order valence-electron chi connectivity index (χ2n) is 11.4. The first-order chi connectivity index (χ1) is 20.2. The monoisotopic (exact) mass is 581 g/mol. The Bertz CT molecular complexity index is 1400. The Kier molecular flexibility index (Phi) is 8.66. The van der Waals surface area contributed by atoms with Crippen molar-refractivity contribution in [3.8, 4) is 34.0 Å². The lowest BCUT2D eigenvalue weighted by molar-refractivity contribution is -0.00352. The standard InChI is InChI=1S/C29H36FN7O5/c1-29(2,3)42-28(38)37(19-7-6-8-19)20-9-10-36(16-20)27-31-15-24(33-35-27)22-12-23(30)21(13-25(22)41-17-39-4)18-11-26(40-5)34-32-14-18/h11-15,19-20H,6-10,16-17H2,1-5H3/t20-/m0/s1. The Labute approximate surface area is 244 Å². The molecule has 2 aromatic heterocycles. The number of carbonyl (C=O) groups is 1. The summed E-state index contributed by atoms with van der Waals surface area (Å²) in [4.78, 5) is 21.5. The van der Waals surface area contributed by atoms with Gasteiger partial charge in [-0.1, -0.05) is 0 Å². The van der Waals surface area contributed by atoms with Crippen molar-refractivity contribution in [1.82, 2.24) is 30.3 Å². The highest BCUT2D eigenvalue weighted by atomic mass is 19.1. The van der Waals surface area contributed by atoms with Crippen molar-refractivity contribution >= 4 is 12.0 Å². The van der Waals surface area contributed by atoms with Crippen LogP contribution in [0.4, 0.5) is 15.1 Å². The van der Waals surface area contributed by atoms with Gasteiger partial charge in [0.25, 0.3) is 0 Å². The van der Waals surface area contributed by atoms with Gasteiger partial charge in [-0.15, -0.1) is 15.3 Å². The van der Waals surface area contributed by atoms with Crippen molar-refractivity contribution < 1.29 is 28.1 Å². The fraction of sp³-hybridized carbons (Fsp3) is 0.517. The summed E-state index contributed by atoms with van der Waals surface area (Å²) < 4.78 is 37.1. The van der Waals surface area contributed by atoms with Gasteiger partial charge in [0.1, 0.15) is 22.9 Å². The third-order valence-corrected chi connectivity index (χ3v) is 7.29. The molecule has 1 aliphatic heterocycles. The second kappa shape index (κ2) is 12.4. The zero-order chi connectivity index (χ0) is 29.9. The number of halogens is 1. The molecule has 5 rings (SSSR count). The van der Waals surface area contributed by atoms with E-state index in [2.05, 4.69) is 25.4 Å². The van der Waals surface area contributed by atoms with E-state index in [9.17, 15) is 4.79 Å². The van der Waals surface area contributed by atoms with E-state index in [-0.39, 0.29) is 36.4 Å². The molecule has 0 N–H and O–H groups in total. The fourth-order valence-corrected chi connectivity index (χ4v) is 5.07. The van der Waals surface area contributed by atoms with Crippen LogP contribution in [0.1, 0.15) is 46.5 Å². The van der Waals surface area contributed by atoms with Crippen molar-refractivity contribution in [2.24, 2.45) is 0 Å². The summed E-state index contributed by atoms with van der Waals surface area (Å²) in [6, 6.07) is 4.64. The lowest BCUT2D eigenvalue weighted by Crippen LogP contribution is -2.52. The van der Waals surface area contributed by atoms with Crippen molar-refractivity contribution in [2.75, 3.05) is 39.0 Å². The molecule has 1 amide bonds. The van der Waals surface area contributed by atoms with Gasteiger partial charge in [-0.05, 0) is 58.6 Å². The van der Waals surface area contributed by atoms with Gasteiger partial charge in [0, 0.05) is 49.0 Å². The second-order valence-corrected chi connectivity index (χ2v) is 11.4. The first-order valence-corrected chi connectivity index (χ1v) is 14.0. The third-order valence-electron chi connectivity index (χ3n) is 7.29. The summed E-state index contributed by atoms with van der Waals surface area (Å²) in [7, 11) is 2.96. The number of ether oxygens (including phenoxy) is 4. The van der Waals surface area contributed by atoms with E-state index >= 15 is 4.39 Å². The average molecular weight is 582 g/mol. The number of rotatable bonds is 9. The number of carbonyl (C=O) groups excluding carboxylic acids is 1. The van der Waals surface area contributed by atoms with Crippen LogP contribution >= 0.6 is 0 Å². The summed E-state index contributed by atoms with van der Waals surface area (Å²) in [5.41, 5.74) is 0.861. The highest BCUT2D eigenvalue weighted by Crippen LogP contribution is 2.36. The predicted molar refractivity (Wildman–Crippen MR) is 152 cm³/mol. The number of nitrogens with zero attached hydrogens (tertiary/aromatic N) is 7. The normalized spacial score (nSPS) is 17.1. The highest BCUT2D eigenvalue weighted by Gasteiger charge is 2.40. The van der Waals surface area contributed by atoms with Crippen LogP contribution < -0.4 is 14.4 Å². The molecule has 1 atom stereocenters. The Morgan fingerprint density at radius 3 is 2.50 bits per heavy atom. The molecule has 0 unspecified atom stereocenters. The molecule has 1 aliphatic carbocycles. The topological polar surface area (TPSA) is 125 Å². The molecular formula is C29H36FN7O5. The zero-order valence-electron chi connectivity index (χ0n) is 24.5. The SMILES string of the molecule is COCOc1cc(-c2cnnc(OC)c2)c(F)cc1-c1cnc(N2CC[C@H](N(C(=O)OC(C)(C)C)C3CCC3)C2)nn1. The molecule has 2 fully saturated rings. The van der Waals surface area contributed by atoms with E-state index in [0.717, 1.165) is 25.7 Å². The van der Waals surface area contributed by atoms with Gasteiger partial charge in [-0.25, -0.2) is 14.2 Å². The number of aromatic nitrogens is 5. The third kappa shape index (κ3) is 6.51. The average Bonchev–Trinajstić information content (AvgIpc) is 3.43. The molecule has 3 aromatic rings. The summed E-state index contributed by atoms with van der Waals surface area (Å²) in [5, 5.41) is 16.4. The van der Waals surface area contributed by atoms with E-state index < -0.39 is 11.4 Å². The first-order valence-electron chi connectivity index (χ1n) is 14.0. The number of benzene rings is 1.